The Morgan fingerprint density at radius 3 is 2.79 bits per heavy atom. The maximum atomic E-state index is 6.26. The van der Waals surface area contributed by atoms with Crippen molar-refractivity contribution >= 4 is 11.8 Å². The molecule has 1 aliphatic carbocycles. The SMILES string of the molecule is CCC1CN(C2(CN)CC(C)N(C3CC3)C2)CCS1. The van der Waals surface area contributed by atoms with Gasteiger partial charge in [0.1, 0.15) is 0 Å². The summed E-state index contributed by atoms with van der Waals surface area (Å²) >= 11 is 2.16. The van der Waals surface area contributed by atoms with Crippen LogP contribution in [0.1, 0.15) is 39.5 Å². The smallest absolute Gasteiger partial charge is 0.0474 e. The van der Waals surface area contributed by atoms with Crippen molar-refractivity contribution in [3.05, 3.63) is 0 Å². The minimum absolute atomic E-state index is 0.274. The van der Waals surface area contributed by atoms with Crippen molar-refractivity contribution in [3.63, 3.8) is 0 Å². The van der Waals surface area contributed by atoms with E-state index in [9.17, 15) is 0 Å². The number of hydrogen-bond donors (Lipinski definition) is 1. The molecule has 0 aromatic carbocycles. The zero-order valence-electron chi connectivity index (χ0n) is 12.5. The van der Waals surface area contributed by atoms with E-state index < -0.39 is 0 Å². The number of nitrogens with two attached hydrogens (primary N) is 1. The molecule has 2 N–H and O–H groups in total. The highest BCUT2D eigenvalue weighted by molar-refractivity contribution is 8.00. The van der Waals surface area contributed by atoms with Crippen LogP contribution in [0.2, 0.25) is 0 Å². The largest absolute Gasteiger partial charge is 0.329 e. The van der Waals surface area contributed by atoms with E-state index in [0.29, 0.717) is 0 Å². The van der Waals surface area contributed by atoms with Gasteiger partial charge in [0.05, 0.1) is 0 Å². The molecule has 3 nitrogen and oxygen atoms in total. The van der Waals surface area contributed by atoms with Crippen molar-refractivity contribution in [1.29, 1.82) is 0 Å². The lowest BCUT2D eigenvalue weighted by atomic mass is 9.93. The molecule has 0 aromatic heterocycles. The molecule has 0 bridgehead atoms. The summed E-state index contributed by atoms with van der Waals surface area (Å²) in [4.78, 5) is 5.49. The van der Waals surface area contributed by atoms with Crippen LogP contribution in [-0.4, -0.2) is 64.6 Å². The Morgan fingerprint density at radius 1 is 1.37 bits per heavy atom. The van der Waals surface area contributed by atoms with Crippen molar-refractivity contribution in [3.8, 4) is 0 Å². The van der Waals surface area contributed by atoms with Crippen LogP contribution in [-0.2, 0) is 0 Å². The first-order valence-corrected chi connectivity index (χ1v) is 9.06. The summed E-state index contributed by atoms with van der Waals surface area (Å²) in [6.45, 7) is 9.28. The van der Waals surface area contributed by atoms with Crippen molar-refractivity contribution < 1.29 is 0 Å². The molecule has 4 heteroatoms. The summed E-state index contributed by atoms with van der Waals surface area (Å²) < 4.78 is 0. The highest BCUT2D eigenvalue weighted by Crippen LogP contribution is 2.40. The third-order valence-electron chi connectivity index (χ3n) is 5.38. The number of rotatable bonds is 4. The third-order valence-corrected chi connectivity index (χ3v) is 6.75. The second-order valence-corrected chi connectivity index (χ2v) is 8.14. The molecule has 1 saturated carbocycles. The normalized spacial score (nSPS) is 41.8. The summed E-state index contributed by atoms with van der Waals surface area (Å²) in [5, 5.41) is 0.822. The van der Waals surface area contributed by atoms with Crippen LogP contribution in [0, 0.1) is 0 Å². The van der Waals surface area contributed by atoms with Gasteiger partial charge in [-0.3, -0.25) is 9.80 Å². The molecule has 3 aliphatic rings. The van der Waals surface area contributed by atoms with Gasteiger partial charge in [-0.2, -0.15) is 11.8 Å². The van der Waals surface area contributed by atoms with Gasteiger partial charge in [0, 0.05) is 54.8 Å². The first kappa shape index (κ1) is 14.2. The Labute approximate surface area is 122 Å². The quantitative estimate of drug-likeness (QED) is 0.852. The van der Waals surface area contributed by atoms with Gasteiger partial charge in [-0.1, -0.05) is 6.92 Å². The molecule has 0 aromatic rings. The molecular weight excluding hydrogens is 254 g/mol. The number of likely N-dealkylation sites (tertiary alicyclic amines) is 1. The van der Waals surface area contributed by atoms with E-state index in [4.69, 9.17) is 5.73 Å². The minimum Gasteiger partial charge on any atom is -0.329 e. The second kappa shape index (κ2) is 5.55. The predicted octanol–water partition coefficient (Wildman–Crippen LogP) is 1.77. The van der Waals surface area contributed by atoms with Gasteiger partial charge in [0.25, 0.3) is 0 Å². The summed E-state index contributed by atoms with van der Waals surface area (Å²) in [5.74, 6) is 1.29. The van der Waals surface area contributed by atoms with Crippen LogP contribution >= 0.6 is 11.8 Å². The van der Waals surface area contributed by atoms with Crippen molar-refractivity contribution in [1.82, 2.24) is 9.80 Å². The topological polar surface area (TPSA) is 32.5 Å². The predicted molar refractivity (Wildman–Crippen MR) is 83.7 cm³/mol. The summed E-state index contributed by atoms with van der Waals surface area (Å²) in [6, 6.07) is 1.61. The Balaban J connectivity index is 1.72. The molecule has 3 unspecified atom stereocenters. The van der Waals surface area contributed by atoms with Crippen molar-refractivity contribution in [2.24, 2.45) is 5.73 Å². The lowest BCUT2D eigenvalue weighted by Gasteiger charge is -2.45. The molecule has 2 saturated heterocycles. The van der Waals surface area contributed by atoms with Gasteiger partial charge in [-0.15, -0.1) is 0 Å². The van der Waals surface area contributed by atoms with Crippen LogP contribution in [0.25, 0.3) is 0 Å². The van der Waals surface area contributed by atoms with E-state index in [1.807, 2.05) is 0 Å². The standard InChI is InChI=1S/C15H29N3S/c1-3-14-9-17(6-7-19-14)15(10-16)8-12(2)18(11-15)13-4-5-13/h12-14H,3-11,16H2,1-2H3. The van der Waals surface area contributed by atoms with E-state index in [1.54, 1.807) is 0 Å². The zero-order chi connectivity index (χ0) is 13.5. The van der Waals surface area contributed by atoms with Crippen LogP contribution in [0.15, 0.2) is 0 Å². The van der Waals surface area contributed by atoms with Crippen molar-refractivity contribution in [2.45, 2.75) is 62.4 Å². The van der Waals surface area contributed by atoms with E-state index >= 15 is 0 Å². The monoisotopic (exact) mass is 283 g/mol. The van der Waals surface area contributed by atoms with Crippen molar-refractivity contribution in [2.75, 3.05) is 31.9 Å². The average molecular weight is 283 g/mol. The Bertz CT molecular complexity index is 321. The Morgan fingerprint density at radius 2 is 2.16 bits per heavy atom. The fourth-order valence-corrected chi connectivity index (χ4v) is 5.21. The van der Waals surface area contributed by atoms with E-state index in [0.717, 1.165) is 23.9 Å². The molecule has 110 valence electrons. The second-order valence-electron chi connectivity index (χ2n) is 6.73. The summed E-state index contributed by atoms with van der Waals surface area (Å²) in [6.07, 6.45) is 5.40. The van der Waals surface area contributed by atoms with Gasteiger partial charge >= 0.3 is 0 Å². The maximum Gasteiger partial charge on any atom is 0.0474 e. The van der Waals surface area contributed by atoms with Gasteiger partial charge < -0.3 is 5.73 Å². The number of hydrogen-bond acceptors (Lipinski definition) is 4. The van der Waals surface area contributed by atoms with Gasteiger partial charge in [-0.25, -0.2) is 0 Å². The van der Waals surface area contributed by atoms with Crippen LogP contribution in [0.4, 0.5) is 0 Å². The molecule has 2 heterocycles. The summed E-state index contributed by atoms with van der Waals surface area (Å²) in [5.41, 5.74) is 6.53. The molecule has 3 atom stereocenters. The fraction of sp³-hybridized carbons (Fsp3) is 1.00. The van der Waals surface area contributed by atoms with E-state index in [-0.39, 0.29) is 5.54 Å². The lowest BCUT2D eigenvalue weighted by Crippen LogP contribution is -2.59. The Kier molecular flexibility index (Phi) is 4.14. The number of nitrogens with zero attached hydrogens (tertiary/aromatic N) is 2. The average Bonchev–Trinajstić information content (AvgIpc) is 3.23. The van der Waals surface area contributed by atoms with Gasteiger partial charge in [0.2, 0.25) is 0 Å². The molecule has 3 rings (SSSR count). The molecule has 0 spiro atoms. The molecule has 3 fully saturated rings. The van der Waals surface area contributed by atoms with E-state index in [2.05, 4.69) is 35.4 Å². The molecule has 19 heavy (non-hydrogen) atoms. The van der Waals surface area contributed by atoms with E-state index in [1.165, 1.54) is 51.1 Å². The molecular formula is C15H29N3S. The highest BCUT2D eigenvalue weighted by atomic mass is 32.2. The minimum atomic E-state index is 0.274. The third kappa shape index (κ3) is 2.69. The maximum absolute atomic E-state index is 6.26. The molecule has 0 radical (unpaired) electrons. The Hall–Kier alpha value is 0.230. The lowest BCUT2D eigenvalue weighted by molar-refractivity contribution is 0.101. The molecule has 2 aliphatic heterocycles. The molecule has 0 amide bonds. The first-order valence-electron chi connectivity index (χ1n) is 8.01. The van der Waals surface area contributed by atoms with Crippen LogP contribution in [0.5, 0.6) is 0 Å². The van der Waals surface area contributed by atoms with Crippen LogP contribution in [0.3, 0.4) is 0 Å². The van der Waals surface area contributed by atoms with Crippen LogP contribution < -0.4 is 5.73 Å². The van der Waals surface area contributed by atoms with Gasteiger partial charge in [-0.05, 0) is 32.6 Å². The fourth-order valence-electron chi connectivity index (χ4n) is 4.03. The summed E-state index contributed by atoms with van der Waals surface area (Å²) in [7, 11) is 0. The first-order chi connectivity index (χ1) is 9.18. The van der Waals surface area contributed by atoms with Gasteiger partial charge in [0.15, 0.2) is 0 Å². The zero-order valence-corrected chi connectivity index (χ0v) is 13.3. The number of thioether (sulfide) groups is 1. The highest BCUT2D eigenvalue weighted by Gasteiger charge is 2.49.